The van der Waals surface area contributed by atoms with Crippen molar-refractivity contribution in [3.63, 3.8) is 0 Å². The van der Waals surface area contributed by atoms with Crippen LogP contribution in [0.15, 0.2) is 11.6 Å². The van der Waals surface area contributed by atoms with Gasteiger partial charge >= 0.3 is 6.09 Å². The fraction of sp³-hybridized carbons (Fsp3) is 0.692. The molecule has 1 aliphatic heterocycles. The van der Waals surface area contributed by atoms with Crippen LogP contribution in [-0.4, -0.2) is 35.5 Å². The summed E-state index contributed by atoms with van der Waals surface area (Å²) in [5, 5.41) is 0. The van der Waals surface area contributed by atoms with Crippen LogP contribution in [0.25, 0.3) is 0 Å². The third-order valence-corrected chi connectivity index (χ3v) is 2.86. The summed E-state index contributed by atoms with van der Waals surface area (Å²) in [7, 11) is 0. The number of allylic oxidation sites excluding steroid dienone is 1. The van der Waals surface area contributed by atoms with Gasteiger partial charge in [-0.05, 0) is 27.2 Å². The predicted octanol–water partition coefficient (Wildman–Crippen LogP) is 2.96. The minimum atomic E-state index is -0.510. The van der Waals surface area contributed by atoms with Crippen LogP contribution in [0, 0.1) is 5.92 Å². The van der Waals surface area contributed by atoms with Crippen LogP contribution in [0.4, 0.5) is 4.79 Å². The lowest BCUT2D eigenvalue weighted by Gasteiger charge is -2.33. The second kappa shape index (κ2) is 6.23. The molecule has 0 spiro atoms. The molecule has 0 aromatic carbocycles. The van der Waals surface area contributed by atoms with Crippen LogP contribution in [-0.2, 0) is 9.53 Å². The van der Waals surface area contributed by atoms with Gasteiger partial charge in [0.25, 0.3) is 0 Å². The monoisotopic (exact) mass is 273 g/mol. The van der Waals surface area contributed by atoms with Crippen molar-refractivity contribution >= 4 is 23.5 Å². The number of rotatable bonds is 2. The molecule has 0 aliphatic carbocycles. The maximum Gasteiger partial charge on any atom is 0.410 e. The lowest BCUT2D eigenvalue weighted by Crippen LogP contribution is -2.46. The molecule has 5 heteroatoms. The van der Waals surface area contributed by atoms with Gasteiger partial charge in [0, 0.05) is 31.0 Å². The number of carbonyl (C=O) groups excluding carboxylic acids is 2. The number of hydrogen-bond acceptors (Lipinski definition) is 3. The Morgan fingerprint density at radius 2 is 2.22 bits per heavy atom. The number of carbonyl (C=O) groups is 2. The van der Waals surface area contributed by atoms with Crippen LogP contribution in [0.2, 0.25) is 0 Å². The van der Waals surface area contributed by atoms with Gasteiger partial charge < -0.3 is 9.64 Å². The summed E-state index contributed by atoms with van der Waals surface area (Å²) in [5.41, 5.74) is 0.893. The largest absolute Gasteiger partial charge is 0.444 e. The highest BCUT2D eigenvalue weighted by Gasteiger charge is 2.31. The molecule has 0 aromatic rings. The third-order valence-electron chi connectivity index (χ3n) is 2.69. The summed E-state index contributed by atoms with van der Waals surface area (Å²) in [6.45, 7) is 6.33. The Hall–Kier alpha value is -1.03. The summed E-state index contributed by atoms with van der Waals surface area (Å²) in [4.78, 5) is 25.2. The van der Waals surface area contributed by atoms with Gasteiger partial charge in [0.1, 0.15) is 11.4 Å². The van der Waals surface area contributed by atoms with E-state index in [0.717, 1.165) is 0 Å². The first-order valence-corrected chi connectivity index (χ1v) is 6.53. The van der Waals surface area contributed by atoms with Crippen molar-refractivity contribution < 1.29 is 14.3 Å². The molecule has 102 valence electrons. The molecule has 1 rings (SSSR count). The highest BCUT2D eigenvalue weighted by molar-refractivity contribution is 6.25. The summed E-state index contributed by atoms with van der Waals surface area (Å²) >= 11 is 5.46. The minimum absolute atomic E-state index is 0.165. The SMILES string of the molecule is CC(C)(C)OC(=O)N1CCC(=O)C(C/C=C/Cl)C1. The predicted molar refractivity (Wildman–Crippen MR) is 70.5 cm³/mol. The van der Waals surface area contributed by atoms with Crippen LogP contribution >= 0.6 is 11.6 Å². The molecule has 0 bridgehead atoms. The highest BCUT2D eigenvalue weighted by Crippen LogP contribution is 2.19. The topological polar surface area (TPSA) is 46.6 Å². The molecule has 1 saturated heterocycles. The third kappa shape index (κ3) is 4.69. The molecule has 0 N–H and O–H groups in total. The number of Topliss-reactive ketones (excluding diaryl/α,β-unsaturated/α-hetero) is 1. The zero-order valence-electron chi connectivity index (χ0n) is 11.1. The van der Waals surface area contributed by atoms with Gasteiger partial charge in [-0.2, -0.15) is 0 Å². The second-order valence-electron chi connectivity index (χ2n) is 5.44. The van der Waals surface area contributed by atoms with Gasteiger partial charge in [-0.1, -0.05) is 17.7 Å². The van der Waals surface area contributed by atoms with E-state index in [1.54, 1.807) is 11.0 Å². The lowest BCUT2D eigenvalue weighted by atomic mass is 9.94. The van der Waals surface area contributed by atoms with Crippen molar-refractivity contribution in [1.29, 1.82) is 0 Å². The Kier molecular flexibility index (Phi) is 5.20. The molecule has 0 radical (unpaired) electrons. The highest BCUT2D eigenvalue weighted by atomic mass is 35.5. The van der Waals surface area contributed by atoms with E-state index in [-0.39, 0.29) is 17.8 Å². The Morgan fingerprint density at radius 1 is 1.56 bits per heavy atom. The van der Waals surface area contributed by atoms with Crippen molar-refractivity contribution in [2.24, 2.45) is 5.92 Å². The molecule has 1 amide bonds. The van der Waals surface area contributed by atoms with E-state index in [2.05, 4.69) is 0 Å². The van der Waals surface area contributed by atoms with Gasteiger partial charge in [0.2, 0.25) is 0 Å². The maximum absolute atomic E-state index is 11.9. The van der Waals surface area contributed by atoms with E-state index >= 15 is 0 Å². The number of likely N-dealkylation sites (tertiary alicyclic amines) is 1. The number of amides is 1. The number of piperidine rings is 1. The Morgan fingerprint density at radius 3 is 2.78 bits per heavy atom. The average molecular weight is 274 g/mol. The van der Waals surface area contributed by atoms with Crippen LogP contribution in [0.5, 0.6) is 0 Å². The van der Waals surface area contributed by atoms with Gasteiger partial charge in [0.15, 0.2) is 0 Å². The molecule has 1 atom stereocenters. The molecule has 0 aromatic heterocycles. The molecule has 1 unspecified atom stereocenters. The summed E-state index contributed by atoms with van der Waals surface area (Å²) in [6.07, 6.45) is 2.35. The van der Waals surface area contributed by atoms with E-state index < -0.39 is 5.60 Å². The Balaban J connectivity index is 2.58. The molecular formula is C13H20ClNO3. The van der Waals surface area contributed by atoms with Gasteiger partial charge in [0.05, 0.1) is 0 Å². The Labute approximate surface area is 113 Å². The first-order valence-electron chi connectivity index (χ1n) is 6.09. The molecule has 18 heavy (non-hydrogen) atoms. The van der Waals surface area contributed by atoms with E-state index in [0.29, 0.717) is 25.9 Å². The van der Waals surface area contributed by atoms with Crippen LogP contribution in [0.1, 0.15) is 33.6 Å². The van der Waals surface area contributed by atoms with Gasteiger partial charge in [-0.25, -0.2) is 4.79 Å². The fourth-order valence-corrected chi connectivity index (χ4v) is 1.93. The van der Waals surface area contributed by atoms with Crippen molar-refractivity contribution in [3.8, 4) is 0 Å². The molecule has 1 heterocycles. The van der Waals surface area contributed by atoms with Crippen molar-refractivity contribution in [3.05, 3.63) is 11.6 Å². The molecular weight excluding hydrogens is 254 g/mol. The summed E-state index contributed by atoms with van der Waals surface area (Å²) in [5.74, 6) is 0.0193. The van der Waals surface area contributed by atoms with E-state index in [9.17, 15) is 9.59 Å². The van der Waals surface area contributed by atoms with Crippen molar-refractivity contribution in [2.45, 2.75) is 39.2 Å². The molecule has 1 aliphatic rings. The van der Waals surface area contributed by atoms with Gasteiger partial charge in [-0.3, -0.25) is 4.79 Å². The Bertz CT molecular complexity index is 347. The van der Waals surface area contributed by atoms with Gasteiger partial charge in [-0.15, -0.1) is 0 Å². The zero-order valence-corrected chi connectivity index (χ0v) is 11.9. The van der Waals surface area contributed by atoms with E-state index in [1.165, 1.54) is 5.54 Å². The normalized spacial score (nSPS) is 21.4. The minimum Gasteiger partial charge on any atom is -0.444 e. The first kappa shape index (κ1) is 15.0. The lowest BCUT2D eigenvalue weighted by molar-refractivity contribution is -0.125. The molecule has 0 saturated carbocycles. The summed E-state index contributed by atoms with van der Waals surface area (Å²) in [6, 6.07) is 0. The smallest absolute Gasteiger partial charge is 0.410 e. The number of halogens is 1. The second-order valence-corrected chi connectivity index (χ2v) is 5.69. The number of hydrogen-bond donors (Lipinski definition) is 0. The molecule has 1 fully saturated rings. The quantitative estimate of drug-likeness (QED) is 0.777. The van der Waals surface area contributed by atoms with Crippen molar-refractivity contribution in [1.82, 2.24) is 4.90 Å². The number of ketones is 1. The number of ether oxygens (including phenoxy) is 1. The van der Waals surface area contributed by atoms with Crippen molar-refractivity contribution in [2.75, 3.05) is 13.1 Å². The number of nitrogens with zero attached hydrogens (tertiary/aromatic N) is 1. The van der Waals surface area contributed by atoms with E-state index in [1.807, 2.05) is 20.8 Å². The summed E-state index contributed by atoms with van der Waals surface area (Å²) < 4.78 is 5.30. The van der Waals surface area contributed by atoms with Crippen LogP contribution < -0.4 is 0 Å². The zero-order chi connectivity index (χ0) is 13.8. The van der Waals surface area contributed by atoms with Crippen LogP contribution in [0.3, 0.4) is 0 Å². The first-order chi connectivity index (χ1) is 8.33. The average Bonchev–Trinajstić information content (AvgIpc) is 2.25. The maximum atomic E-state index is 11.9. The fourth-order valence-electron chi connectivity index (χ4n) is 1.82. The molecule has 4 nitrogen and oxygen atoms in total. The van der Waals surface area contributed by atoms with E-state index in [4.69, 9.17) is 16.3 Å². The standard InChI is InChI=1S/C13H20ClNO3/c1-13(2,3)18-12(17)15-8-6-11(16)10(9-15)5-4-7-14/h4,7,10H,5-6,8-9H2,1-3H3/b7-4+.